The molecule has 1 aromatic heterocycles. The molecule has 0 saturated heterocycles. The van der Waals surface area contributed by atoms with Crippen LogP contribution in [0.4, 0.5) is 4.79 Å². The fourth-order valence-electron chi connectivity index (χ4n) is 4.49. The van der Waals surface area contributed by atoms with Crippen molar-refractivity contribution in [3.05, 3.63) is 66.0 Å². The molecule has 0 bridgehead atoms. The van der Waals surface area contributed by atoms with Crippen molar-refractivity contribution in [3.8, 4) is 0 Å². The first-order chi connectivity index (χ1) is 17.8. The van der Waals surface area contributed by atoms with Crippen molar-refractivity contribution >= 4 is 23.9 Å². The second-order valence-electron chi connectivity index (χ2n) is 9.50. The number of hydrogen-bond acceptors (Lipinski definition) is 7. The van der Waals surface area contributed by atoms with E-state index in [1.54, 1.807) is 29.4 Å². The van der Waals surface area contributed by atoms with Gasteiger partial charge in [0, 0.05) is 31.9 Å². The smallest absolute Gasteiger partial charge is 0.407 e. The van der Waals surface area contributed by atoms with Crippen LogP contribution < -0.4 is 16.4 Å². The summed E-state index contributed by atoms with van der Waals surface area (Å²) >= 11 is 0. The number of rotatable bonds is 12. The molecule has 0 saturated carbocycles. The molecule has 2 heterocycles. The van der Waals surface area contributed by atoms with E-state index in [1.165, 1.54) is 7.11 Å². The van der Waals surface area contributed by atoms with Crippen LogP contribution in [0.15, 0.2) is 59.9 Å². The van der Waals surface area contributed by atoms with Crippen molar-refractivity contribution in [2.75, 3.05) is 20.2 Å². The molecule has 0 spiro atoms. The molecule has 2 unspecified atom stereocenters. The van der Waals surface area contributed by atoms with Gasteiger partial charge in [-0.05, 0) is 48.4 Å². The van der Waals surface area contributed by atoms with Crippen LogP contribution in [0.5, 0.6) is 0 Å². The van der Waals surface area contributed by atoms with Gasteiger partial charge in [0.05, 0.1) is 7.11 Å². The lowest BCUT2D eigenvalue weighted by Gasteiger charge is -2.28. The number of benzene rings is 1. The topological polar surface area (TPSA) is 139 Å². The first-order valence-corrected chi connectivity index (χ1v) is 12.5. The number of carbonyl (C=O) groups excluding carboxylic acids is 3. The van der Waals surface area contributed by atoms with E-state index in [-0.39, 0.29) is 23.7 Å². The summed E-state index contributed by atoms with van der Waals surface area (Å²) in [5, 5.41) is 5.43. The van der Waals surface area contributed by atoms with Gasteiger partial charge in [-0.1, -0.05) is 44.2 Å². The Kier molecular flexibility index (Phi) is 9.59. The molecule has 2 aromatic rings. The van der Waals surface area contributed by atoms with Gasteiger partial charge < -0.3 is 21.1 Å². The molecule has 0 radical (unpaired) electrons. The second-order valence-corrected chi connectivity index (χ2v) is 9.50. The number of amides is 3. The molecule has 37 heavy (non-hydrogen) atoms. The summed E-state index contributed by atoms with van der Waals surface area (Å²) in [4.78, 5) is 48.2. The summed E-state index contributed by atoms with van der Waals surface area (Å²) in [7, 11) is 1.25. The molecule has 0 fully saturated rings. The van der Waals surface area contributed by atoms with Crippen molar-refractivity contribution < 1.29 is 19.1 Å². The van der Waals surface area contributed by atoms with Gasteiger partial charge in [-0.15, -0.1) is 0 Å². The van der Waals surface area contributed by atoms with Crippen LogP contribution in [0, 0.1) is 5.92 Å². The summed E-state index contributed by atoms with van der Waals surface area (Å²) < 4.78 is 4.66. The Bertz CT molecular complexity index is 1090. The normalized spacial score (nSPS) is 17.9. The molecular weight excluding hydrogens is 472 g/mol. The lowest BCUT2D eigenvalue weighted by molar-refractivity contribution is -0.132. The zero-order chi connectivity index (χ0) is 26.8. The fourth-order valence-corrected chi connectivity index (χ4v) is 4.49. The number of unbranched alkanes of at least 4 members (excludes halogenated alkanes) is 1. The lowest BCUT2D eigenvalue weighted by Crippen LogP contribution is -2.48. The molecule has 0 aliphatic carbocycles. The summed E-state index contributed by atoms with van der Waals surface area (Å²) in [6, 6.07) is 12.3. The Morgan fingerprint density at radius 3 is 2.46 bits per heavy atom. The number of aliphatic imine (C=N–C) groups is 1. The first-order valence-electron chi connectivity index (χ1n) is 12.5. The molecule has 3 rings (SSSR count). The highest BCUT2D eigenvalue weighted by atomic mass is 16.5. The fraction of sp³-hybridized carbons (Fsp3) is 0.444. The van der Waals surface area contributed by atoms with Crippen LogP contribution in [0.25, 0.3) is 0 Å². The molecule has 1 aliphatic heterocycles. The van der Waals surface area contributed by atoms with Gasteiger partial charge in [-0.25, -0.2) is 9.79 Å². The van der Waals surface area contributed by atoms with Gasteiger partial charge in [0.1, 0.15) is 6.04 Å². The maximum Gasteiger partial charge on any atom is 0.407 e. The average molecular weight is 509 g/mol. The summed E-state index contributed by atoms with van der Waals surface area (Å²) in [5.41, 5.74) is 6.91. The highest BCUT2D eigenvalue weighted by Crippen LogP contribution is 2.38. The van der Waals surface area contributed by atoms with Crippen molar-refractivity contribution in [2.24, 2.45) is 16.6 Å². The average Bonchev–Trinajstić information content (AvgIpc) is 3.13. The van der Waals surface area contributed by atoms with Crippen molar-refractivity contribution in [2.45, 2.75) is 51.1 Å². The number of methoxy groups -OCH3 is 1. The lowest BCUT2D eigenvalue weighted by atomic mass is 9.82. The van der Waals surface area contributed by atoms with Crippen LogP contribution in [0.3, 0.4) is 0 Å². The molecule has 198 valence electrons. The zero-order valence-electron chi connectivity index (χ0n) is 21.6. The minimum Gasteiger partial charge on any atom is -0.453 e. The highest BCUT2D eigenvalue weighted by Gasteiger charge is 2.49. The predicted molar refractivity (Wildman–Crippen MR) is 140 cm³/mol. The number of aromatic nitrogens is 1. The maximum atomic E-state index is 13.5. The first kappa shape index (κ1) is 27.6. The maximum absolute atomic E-state index is 13.5. The van der Waals surface area contributed by atoms with E-state index in [1.807, 2.05) is 30.3 Å². The Balaban J connectivity index is 1.54. The van der Waals surface area contributed by atoms with Crippen LogP contribution in [-0.4, -0.2) is 60.0 Å². The molecule has 2 atom stereocenters. The number of alkyl carbamates (subject to hydrolysis) is 1. The van der Waals surface area contributed by atoms with Gasteiger partial charge in [0.2, 0.25) is 5.91 Å². The van der Waals surface area contributed by atoms with Crippen LogP contribution >= 0.6 is 0 Å². The molecule has 1 aromatic carbocycles. The van der Waals surface area contributed by atoms with Crippen molar-refractivity contribution in [1.29, 1.82) is 0 Å². The standard InChI is InChI=1S/C27H36N6O4/c1-19(2)18-27(21-9-5-4-6-10-21)24(35)33(25(28)32-27)16-8-7-13-30-23(34)22(31-26(36)37-3)17-20-11-14-29-15-12-20/h4-6,9-12,14-15,19,22H,7-8,13,16-18H2,1-3H3,(H2,28,32)(H,30,34)(H,31,36). The molecule has 4 N–H and O–H groups in total. The van der Waals surface area contributed by atoms with E-state index >= 15 is 0 Å². The zero-order valence-corrected chi connectivity index (χ0v) is 21.6. The van der Waals surface area contributed by atoms with E-state index in [4.69, 9.17) is 5.73 Å². The van der Waals surface area contributed by atoms with E-state index in [0.717, 1.165) is 11.1 Å². The predicted octanol–water partition coefficient (Wildman–Crippen LogP) is 2.34. The monoisotopic (exact) mass is 508 g/mol. The number of nitrogens with two attached hydrogens (primary N) is 1. The number of pyridine rings is 1. The van der Waals surface area contributed by atoms with Gasteiger partial charge in [-0.2, -0.15) is 0 Å². The Labute approximate surface area is 217 Å². The molecular formula is C27H36N6O4. The van der Waals surface area contributed by atoms with Crippen LogP contribution in [0.1, 0.15) is 44.2 Å². The van der Waals surface area contributed by atoms with Crippen LogP contribution in [0.2, 0.25) is 0 Å². The van der Waals surface area contributed by atoms with Gasteiger partial charge in [0.25, 0.3) is 5.91 Å². The second kappa shape index (κ2) is 12.8. The Hall–Kier alpha value is -3.95. The highest BCUT2D eigenvalue weighted by molar-refractivity contribution is 6.07. The molecule has 10 nitrogen and oxygen atoms in total. The largest absolute Gasteiger partial charge is 0.453 e. The van der Waals surface area contributed by atoms with Gasteiger partial charge in [0.15, 0.2) is 11.5 Å². The summed E-state index contributed by atoms with van der Waals surface area (Å²) in [5.74, 6) is 0.0296. The Morgan fingerprint density at radius 1 is 1.11 bits per heavy atom. The third-order valence-corrected chi connectivity index (χ3v) is 6.23. The number of carbonyl (C=O) groups is 3. The van der Waals surface area contributed by atoms with E-state index in [0.29, 0.717) is 38.8 Å². The number of guanidine groups is 1. The van der Waals surface area contributed by atoms with E-state index in [2.05, 4.69) is 39.2 Å². The number of nitrogens with zero attached hydrogens (tertiary/aromatic N) is 3. The third kappa shape index (κ3) is 7.05. The Morgan fingerprint density at radius 2 is 1.81 bits per heavy atom. The van der Waals surface area contributed by atoms with E-state index < -0.39 is 17.7 Å². The quantitative estimate of drug-likeness (QED) is 0.376. The van der Waals surface area contributed by atoms with Gasteiger partial charge in [-0.3, -0.25) is 19.5 Å². The van der Waals surface area contributed by atoms with Gasteiger partial charge >= 0.3 is 6.09 Å². The molecule has 10 heteroatoms. The number of nitrogens with one attached hydrogen (secondary N) is 2. The minimum atomic E-state index is -1.01. The number of ether oxygens (including phenoxy) is 1. The third-order valence-electron chi connectivity index (χ3n) is 6.23. The van der Waals surface area contributed by atoms with E-state index in [9.17, 15) is 14.4 Å². The molecule has 3 amide bonds. The van der Waals surface area contributed by atoms with Crippen molar-refractivity contribution in [3.63, 3.8) is 0 Å². The summed E-state index contributed by atoms with van der Waals surface area (Å²) in [6.07, 6.45) is 4.68. The van der Waals surface area contributed by atoms with Crippen LogP contribution in [-0.2, 0) is 26.3 Å². The number of hydrogen-bond donors (Lipinski definition) is 3. The van der Waals surface area contributed by atoms with Crippen molar-refractivity contribution in [1.82, 2.24) is 20.5 Å². The molecule has 1 aliphatic rings. The summed E-state index contributed by atoms with van der Waals surface area (Å²) in [6.45, 7) is 4.90. The SMILES string of the molecule is COC(=O)NC(Cc1ccncc1)C(=O)NCCCCN1C(=O)C(CC(C)C)(c2ccccc2)N=C1N. The minimum absolute atomic E-state index is 0.117.